The Morgan fingerprint density at radius 3 is 2.65 bits per heavy atom. The molecule has 0 bridgehead atoms. The molecule has 0 amide bonds. The number of hydrogen-bond acceptors (Lipinski definition) is 5. The first-order valence-electron chi connectivity index (χ1n) is 11.3. The first-order valence-corrected chi connectivity index (χ1v) is 11.3. The summed E-state index contributed by atoms with van der Waals surface area (Å²) in [5.74, 6) is 1.68. The van der Waals surface area contributed by atoms with Gasteiger partial charge in [-0.05, 0) is 23.6 Å². The van der Waals surface area contributed by atoms with Gasteiger partial charge in [-0.25, -0.2) is 4.79 Å². The van der Waals surface area contributed by atoms with E-state index < -0.39 is 0 Å². The van der Waals surface area contributed by atoms with Gasteiger partial charge in [0, 0.05) is 38.4 Å². The van der Waals surface area contributed by atoms with Gasteiger partial charge in [-0.3, -0.25) is 13.9 Å². The minimum absolute atomic E-state index is 0.187. The van der Waals surface area contributed by atoms with E-state index in [0.717, 1.165) is 23.5 Å². The van der Waals surface area contributed by atoms with Gasteiger partial charge in [0.2, 0.25) is 5.95 Å². The van der Waals surface area contributed by atoms with E-state index in [1.165, 1.54) is 9.13 Å². The highest BCUT2D eigenvalue weighted by Crippen LogP contribution is 2.34. The van der Waals surface area contributed by atoms with Crippen LogP contribution < -0.4 is 20.9 Å². The Bertz CT molecular complexity index is 1500. The highest BCUT2D eigenvalue weighted by Gasteiger charge is 2.29. The van der Waals surface area contributed by atoms with E-state index in [0.29, 0.717) is 23.7 Å². The highest BCUT2D eigenvalue weighted by molar-refractivity contribution is 5.77. The second-order valence-electron chi connectivity index (χ2n) is 8.68. The van der Waals surface area contributed by atoms with Crippen LogP contribution in [0.15, 0.2) is 70.3 Å². The molecule has 0 fully saturated rings. The first kappa shape index (κ1) is 21.8. The molecule has 2 aromatic heterocycles. The van der Waals surface area contributed by atoms with Crippen molar-refractivity contribution < 1.29 is 4.74 Å². The van der Waals surface area contributed by atoms with Crippen LogP contribution >= 0.6 is 0 Å². The lowest BCUT2D eigenvalue weighted by molar-refractivity contribution is 0.414. The molecule has 5 rings (SSSR count). The number of fused-ring (bicyclic) bond motifs is 3. The average Bonchev–Trinajstić information content (AvgIpc) is 3.24. The zero-order valence-electron chi connectivity index (χ0n) is 19.5. The van der Waals surface area contributed by atoms with Gasteiger partial charge in [0.05, 0.1) is 7.11 Å². The molecule has 2 aromatic carbocycles. The van der Waals surface area contributed by atoms with Crippen LogP contribution in [0.3, 0.4) is 0 Å². The summed E-state index contributed by atoms with van der Waals surface area (Å²) in [6.45, 7) is 3.73. The molecule has 0 radical (unpaired) electrons. The van der Waals surface area contributed by atoms with Crippen molar-refractivity contribution in [3.8, 4) is 5.75 Å². The minimum atomic E-state index is -0.383. The quantitative estimate of drug-likeness (QED) is 0.459. The molecule has 0 saturated carbocycles. The molecule has 0 aliphatic carbocycles. The van der Waals surface area contributed by atoms with Crippen molar-refractivity contribution in [2.75, 3.05) is 18.6 Å². The van der Waals surface area contributed by atoms with Crippen molar-refractivity contribution in [3.05, 3.63) is 87.1 Å². The molecule has 8 nitrogen and oxygen atoms in total. The summed E-state index contributed by atoms with van der Waals surface area (Å²) >= 11 is 0. The number of ether oxygens (including phenoxy) is 1. The van der Waals surface area contributed by atoms with Crippen LogP contribution in [0.1, 0.15) is 12.5 Å². The van der Waals surface area contributed by atoms with E-state index >= 15 is 0 Å². The number of allylic oxidation sites excluding steroid dienone is 1. The van der Waals surface area contributed by atoms with Crippen molar-refractivity contribution >= 4 is 28.9 Å². The van der Waals surface area contributed by atoms with Gasteiger partial charge in [0.25, 0.3) is 5.56 Å². The van der Waals surface area contributed by atoms with Crippen molar-refractivity contribution in [2.45, 2.75) is 20.0 Å². The molecule has 1 unspecified atom stereocenters. The van der Waals surface area contributed by atoms with E-state index in [2.05, 4.69) is 11.8 Å². The maximum absolute atomic E-state index is 13.5. The molecular formula is C26H27N5O3. The summed E-state index contributed by atoms with van der Waals surface area (Å²) in [5, 5.41) is 0. The fourth-order valence-electron chi connectivity index (χ4n) is 4.52. The zero-order chi connectivity index (χ0) is 23.8. The summed E-state index contributed by atoms with van der Waals surface area (Å²) in [4.78, 5) is 33.5. The number of methoxy groups -OCH3 is 1. The van der Waals surface area contributed by atoms with Gasteiger partial charge in [-0.15, -0.1) is 0 Å². The molecule has 0 spiro atoms. The largest absolute Gasteiger partial charge is 0.497 e. The Kier molecular flexibility index (Phi) is 5.57. The normalized spacial score (nSPS) is 15.7. The predicted molar refractivity (Wildman–Crippen MR) is 134 cm³/mol. The molecule has 174 valence electrons. The van der Waals surface area contributed by atoms with Crippen molar-refractivity contribution in [3.63, 3.8) is 0 Å². The second kappa shape index (κ2) is 8.70. The monoisotopic (exact) mass is 457 g/mol. The van der Waals surface area contributed by atoms with Gasteiger partial charge in [0.1, 0.15) is 5.75 Å². The molecule has 1 aliphatic rings. The Balaban J connectivity index is 1.63. The van der Waals surface area contributed by atoms with Crippen LogP contribution in [0.25, 0.3) is 17.2 Å². The molecule has 1 atom stereocenters. The molecular weight excluding hydrogens is 430 g/mol. The van der Waals surface area contributed by atoms with Gasteiger partial charge in [-0.2, -0.15) is 4.98 Å². The highest BCUT2D eigenvalue weighted by atomic mass is 16.5. The number of imidazole rings is 1. The summed E-state index contributed by atoms with van der Waals surface area (Å²) in [7, 11) is 3.30. The maximum Gasteiger partial charge on any atom is 0.332 e. The van der Waals surface area contributed by atoms with Crippen LogP contribution in [-0.4, -0.2) is 32.3 Å². The van der Waals surface area contributed by atoms with E-state index in [9.17, 15) is 9.59 Å². The van der Waals surface area contributed by atoms with Gasteiger partial charge < -0.3 is 14.2 Å². The molecule has 4 aromatic rings. The fraction of sp³-hybridized carbons (Fsp3) is 0.269. The second-order valence-corrected chi connectivity index (χ2v) is 8.68. The van der Waals surface area contributed by atoms with Gasteiger partial charge in [0.15, 0.2) is 11.2 Å². The van der Waals surface area contributed by atoms with Crippen LogP contribution in [0.4, 0.5) is 11.6 Å². The lowest BCUT2D eigenvalue weighted by Gasteiger charge is -2.33. The Morgan fingerprint density at radius 1 is 1.09 bits per heavy atom. The predicted octanol–water partition coefficient (Wildman–Crippen LogP) is 3.41. The average molecular weight is 458 g/mol. The third-order valence-electron chi connectivity index (χ3n) is 6.21. The number of hydrogen-bond donors (Lipinski definition) is 0. The standard InChI is InChI=1S/C26H27N5O3/c1-18-16-30(20-12-7-13-21(15-20)34-3)25-27-23-22(31(25)17-18)24(32)29(26(33)28(23)2)14-8-11-19-9-5-4-6-10-19/h4-13,15,18H,14,16-17H2,1-3H3/b11-8+. The third-order valence-corrected chi connectivity index (χ3v) is 6.21. The SMILES string of the molecule is COc1cccc(N2CC(C)Cn3c2nc2c3c(=O)n(C/C=C/c3ccccc3)c(=O)n2C)c1. The Morgan fingerprint density at radius 2 is 1.88 bits per heavy atom. The number of aryl methyl sites for hydroxylation is 1. The van der Waals surface area contributed by atoms with Crippen molar-refractivity contribution in [2.24, 2.45) is 13.0 Å². The van der Waals surface area contributed by atoms with E-state index in [1.807, 2.05) is 71.3 Å². The number of rotatable bonds is 5. The zero-order valence-corrected chi connectivity index (χ0v) is 19.5. The van der Waals surface area contributed by atoms with Crippen LogP contribution in [0, 0.1) is 5.92 Å². The number of anilines is 2. The lowest BCUT2D eigenvalue weighted by Crippen LogP contribution is -2.40. The first-order chi connectivity index (χ1) is 16.5. The molecule has 1 aliphatic heterocycles. The fourth-order valence-corrected chi connectivity index (χ4v) is 4.52. The van der Waals surface area contributed by atoms with E-state index in [4.69, 9.17) is 9.72 Å². The number of benzene rings is 2. The molecule has 0 N–H and O–H groups in total. The third kappa shape index (κ3) is 3.71. The maximum atomic E-state index is 13.5. The number of nitrogens with zero attached hydrogens (tertiary/aromatic N) is 5. The van der Waals surface area contributed by atoms with Crippen molar-refractivity contribution in [1.29, 1.82) is 0 Å². The number of aromatic nitrogens is 4. The molecule has 3 heterocycles. The Hall–Kier alpha value is -4.07. The molecule has 34 heavy (non-hydrogen) atoms. The molecule has 8 heteroatoms. The topological polar surface area (TPSA) is 74.3 Å². The summed E-state index contributed by atoms with van der Waals surface area (Å²) in [6.07, 6.45) is 3.75. The smallest absolute Gasteiger partial charge is 0.332 e. The van der Waals surface area contributed by atoms with Gasteiger partial charge in [-0.1, -0.05) is 55.5 Å². The van der Waals surface area contributed by atoms with Crippen LogP contribution in [-0.2, 0) is 20.1 Å². The van der Waals surface area contributed by atoms with E-state index in [-0.39, 0.29) is 23.7 Å². The van der Waals surface area contributed by atoms with E-state index in [1.54, 1.807) is 14.2 Å². The molecule has 0 saturated heterocycles. The summed E-state index contributed by atoms with van der Waals surface area (Å²) < 4.78 is 10.1. The minimum Gasteiger partial charge on any atom is -0.497 e. The van der Waals surface area contributed by atoms with Gasteiger partial charge >= 0.3 is 5.69 Å². The Labute approximate surface area is 197 Å². The summed E-state index contributed by atoms with van der Waals surface area (Å²) in [6, 6.07) is 17.6. The van der Waals surface area contributed by atoms with Crippen LogP contribution in [0.2, 0.25) is 0 Å². The van der Waals surface area contributed by atoms with Crippen LogP contribution in [0.5, 0.6) is 5.75 Å². The lowest BCUT2D eigenvalue weighted by atomic mass is 10.1. The summed E-state index contributed by atoms with van der Waals surface area (Å²) in [5.41, 5.74) is 2.08. The van der Waals surface area contributed by atoms with Crippen molar-refractivity contribution in [1.82, 2.24) is 18.7 Å².